The molecule has 2 N–H and O–H groups in total. The van der Waals surface area contributed by atoms with Crippen molar-refractivity contribution in [3.8, 4) is 0 Å². The van der Waals surface area contributed by atoms with Crippen molar-refractivity contribution in [1.29, 1.82) is 0 Å². The Bertz CT molecular complexity index is 337. The van der Waals surface area contributed by atoms with Gasteiger partial charge in [0.1, 0.15) is 0 Å². The number of rotatable bonds is 4. The van der Waals surface area contributed by atoms with Crippen LogP contribution in [0.5, 0.6) is 0 Å². The predicted molar refractivity (Wildman–Crippen MR) is 62.8 cm³/mol. The van der Waals surface area contributed by atoms with Crippen LogP contribution in [-0.4, -0.2) is 5.91 Å². The molecule has 2 heteroatoms. The lowest BCUT2D eigenvalue weighted by Gasteiger charge is -2.14. The van der Waals surface area contributed by atoms with Crippen LogP contribution in [0.1, 0.15) is 42.4 Å². The number of hydrogen-bond donors (Lipinski definition) is 1. The number of amides is 1. The van der Waals surface area contributed by atoms with Crippen LogP contribution in [0.2, 0.25) is 0 Å². The van der Waals surface area contributed by atoms with Gasteiger partial charge in [-0.3, -0.25) is 4.79 Å². The summed E-state index contributed by atoms with van der Waals surface area (Å²) >= 11 is 0. The molecule has 0 saturated carbocycles. The lowest BCUT2D eigenvalue weighted by atomic mass is 9.91. The molecule has 15 heavy (non-hydrogen) atoms. The molecule has 0 aliphatic carbocycles. The molecule has 0 aliphatic heterocycles. The molecule has 1 atom stereocenters. The average molecular weight is 205 g/mol. The van der Waals surface area contributed by atoms with Crippen LogP contribution in [-0.2, 0) is 4.79 Å². The molecule has 2 nitrogen and oxygen atoms in total. The summed E-state index contributed by atoms with van der Waals surface area (Å²) in [7, 11) is 0. The van der Waals surface area contributed by atoms with Gasteiger partial charge in [0.2, 0.25) is 5.91 Å². The minimum atomic E-state index is -0.221. The fourth-order valence-corrected chi connectivity index (χ4v) is 1.99. The van der Waals surface area contributed by atoms with E-state index in [2.05, 4.69) is 39.0 Å². The Morgan fingerprint density at radius 1 is 1.27 bits per heavy atom. The first-order valence-corrected chi connectivity index (χ1v) is 5.39. The second-order valence-corrected chi connectivity index (χ2v) is 4.20. The molecule has 0 aliphatic rings. The van der Waals surface area contributed by atoms with Crippen molar-refractivity contribution in [2.45, 2.75) is 39.5 Å². The van der Waals surface area contributed by atoms with Crippen LogP contribution in [0.25, 0.3) is 0 Å². The quantitative estimate of drug-likeness (QED) is 0.806. The van der Waals surface area contributed by atoms with E-state index >= 15 is 0 Å². The summed E-state index contributed by atoms with van der Waals surface area (Å²) in [5.74, 6) is 0.0436. The van der Waals surface area contributed by atoms with Gasteiger partial charge in [-0.1, -0.05) is 36.2 Å². The van der Waals surface area contributed by atoms with E-state index in [1.54, 1.807) is 0 Å². The lowest BCUT2D eigenvalue weighted by molar-refractivity contribution is -0.118. The first-order valence-electron chi connectivity index (χ1n) is 5.39. The van der Waals surface area contributed by atoms with Gasteiger partial charge in [-0.2, -0.15) is 0 Å². The summed E-state index contributed by atoms with van der Waals surface area (Å²) in [6, 6.07) is 6.43. The number of hydrogen-bond acceptors (Lipinski definition) is 1. The Labute approximate surface area is 91.5 Å². The molecular weight excluding hydrogens is 186 g/mol. The minimum absolute atomic E-state index is 0.221. The van der Waals surface area contributed by atoms with Crippen LogP contribution >= 0.6 is 0 Å². The van der Waals surface area contributed by atoms with Crippen LogP contribution in [0, 0.1) is 13.8 Å². The van der Waals surface area contributed by atoms with Crippen molar-refractivity contribution >= 4 is 5.91 Å². The smallest absolute Gasteiger partial charge is 0.218 e. The molecule has 0 spiro atoms. The highest BCUT2D eigenvalue weighted by atomic mass is 16.1. The SMILES string of the molecule is CCC(CC(N)=O)c1cc(C)cc(C)c1. The maximum atomic E-state index is 10.9. The summed E-state index contributed by atoms with van der Waals surface area (Å²) in [6.45, 7) is 6.24. The first-order chi connectivity index (χ1) is 7.02. The van der Waals surface area contributed by atoms with Gasteiger partial charge in [0, 0.05) is 6.42 Å². The van der Waals surface area contributed by atoms with E-state index in [-0.39, 0.29) is 11.8 Å². The number of carbonyl (C=O) groups excluding carboxylic acids is 1. The monoisotopic (exact) mass is 205 g/mol. The van der Waals surface area contributed by atoms with Gasteiger partial charge in [-0.15, -0.1) is 0 Å². The second-order valence-electron chi connectivity index (χ2n) is 4.20. The fourth-order valence-electron chi connectivity index (χ4n) is 1.99. The topological polar surface area (TPSA) is 43.1 Å². The molecule has 82 valence electrons. The first kappa shape index (κ1) is 11.8. The van der Waals surface area contributed by atoms with E-state index in [9.17, 15) is 4.79 Å². The van der Waals surface area contributed by atoms with Crippen molar-refractivity contribution in [2.75, 3.05) is 0 Å². The molecule has 0 aromatic heterocycles. The minimum Gasteiger partial charge on any atom is -0.370 e. The van der Waals surface area contributed by atoms with Crippen LogP contribution in [0.15, 0.2) is 18.2 Å². The van der Waals surface area contributed by atoms with Gasteiger partial charge in [-0.05, 0) is 31.7 Å². The highest BCUT2D eigenvalue weighted by molar-refractivity contribution is 5.74. The average Bonchev–Trinajstić information content (AvgIpc) is 2.12. The highest BCUT2D eigenvalue weighted by Crippen LogP contribution is 2.24. The standard InChI is InChI=1S/C13H19NO/c1-4-11(8-13(14)15)12-6-9(2)5-10(3)7-12/h5-7,11H,4,8H2,1-3H3,(H2,14,15). The van der Waals surface area contributed by atoms with Crippen LogP contribution in [0.4, 0.5) is 0 Å². The third-order valence-electron chi connectivity index (χ3n) is 2.66. The predicted octanol–water partition coefficient (Wildman–Crippen LogP) is 2.67. The van der Waals surface area contributed by atoms with E-state index in [1.165, 1.54) is 16.7 Å². The summed E-state index contributed by atoms with van der Waals surface area (Å²) in [4.78, 5) is 10.9. The van der Waals surface area contributed by atoms with Gasteiger partial charge in [0.15, 0.2) is 0 Å². The van der Waals surface area contributed by atoms with Gasteiger partial charge in [0.05, 0.1) is 0 Å². The zero-order chi connectivity index (χ0) is 11.4. The Kier molecular flexibility index (Phi) is 3.89. The fraction of sp³-hybridized carbons (Fsp3) is 0.462. The summed E-state index contributed by atoms with van der Waals surface area (Å²) in [5.41, 5.74) is 8.96. The Morgan fingerprint density at radius 3 is 2.20 bits per heavy atom. The van der Waals surface area contributed by atoms with E-state index in [0.717, 1.165) is 6.42 Å². The molecule has 1 rings (SSSR count). The number of primary amides is 1. The molecule has 1 aromatic rings. The summed E-state index contributed by atoms with van der Waals surface area (Å²) in [5, 5.41) is 0. The van der Waals surface area contributed by atoms with Crippen molar-refractivity contribution < 1.29 is 4.79 Å². The molecule has 1 aromatic carbocycles. The zero-order valence-corrected chi connectivity index (χ0v) is 9.71. The van der Waals surface area contributed by atoms with Crippen molar-refractivity contribution in [2.24, 2.45) is 5.73 Å². The maximum Gasteiger partial charge on any atom is 0.218 e. The Morgan fingerprint density at radius 2 is 1.80 bits per heavy atom. The molecule has 0 radical (unpaired) electrons. The normalized spacial score (nSPS) is 12.5. The second kappa shape index (κ2) is 4.96. The Balaban J connectivity index is 2.95. The highest BCUT2D eigenvalue weighted by Gasteiger charge is 2.12. The third kappa shape index (κ3) is 3.39. The molecular formula is C13H19NO. The Hall–Kier alpha value is -1.31. The largest absolute Gasteiger partial charge is 0.370 e. The van der Waals surface area contributed by atoms with E-state index in [4.69, 9.17) is 5.73 Å². The lowest BCUT2D eigenvalue weighted by Crippen LogP contribution is -2.15. The maximum absolute atomic E-state index is 10.9. The summed E-state index contributed by atoms with van der Waals surface area (Å²) in [6.07, 6.45) is 1.39. The molecule has 0 bridgehead atoms. The number of aryl methyl sites for hydroxylation is 2. The van der Waals surface area contributed by atoms with Crippen LogP contribution in [0.3, 0.4) is 0 Å². The van der Waals surface area contributed by atoms with Crippen molar-refractivity contribution in [1.82, 2.24) is 0 Å². The van der Waals surface area contributed by atoms with Gasteiger partial charge < -0.3 is 5.73 Å². The van der Waals surface area contributed by atoms with Crippen molar-refractivity contribution in [3.63, 3.8) is 0 Å². The molecule has 1 amide bonds. The molecule has 0 heterocycles. The van der Waals surface area contributed by atoms with Gasteiger partial charge in [0.25, 0.3) is 0 Å². The zero-order valence-electron chi connectivity index (χ0n) is 9.71. The van der Waals surface area contributed by atoms with Gasteiger partial charge in [-0.25, -0.2) is 0 Å². The molecule has 0 saturated heterocycles. The van der Waals surface area contributed by atoms with E-state index in [0.29, 0.717) is 6.42 Å². The number of carbonyl (C=O) groups is 1. The number of benzene rings is 1. The molecule has 0 fully saturated rings. The molecule has 1 unspecified atom stereocenters. The van der Waals surface area contributed by atoms with Crippen LogP contribution < -0.4 is 5.73 Å². The summed E-state index contributed by atoms with van der Waals surface area (Å²) < 4.78 is 0. The van der Waals surface area contributed by atoms with E-state index in [1.807, 2.05) is 0 Å². The number of nitrogens with two attached hydrogens (primary N) is 1. The van der Waals surface area contributed by atoms with Gasteiger partial charge >= 0.3 is 0 Å². The third-order valence-corrected chi connectivity index (χ3v) is 2.66. The van der Waals surface area contributed by atoms with E-state index < -0.39 is 0 Å². The van der Waals surface area contributed by atoms with Crippen molar-refractivity contribution in [3.05, 3.63) is 34.9 Å².